The van der Waals surface area contributed by atoms with Crippen molar-refractivity contribution >= 4 is 23.2 Å². The maximum atomic E-state index is 12.9. The zero-order chi connectivity index (χ0) is 13.8. The third-order valence-electron chi connectivity index (χ3n) is 3.51. The Morgan fingerprint density at radius 3 is 2.68 bits per heavy atom. The van der Waals surface area contributed by atoms with Crippen LogP contribution in [0.1, 0.15) is 26.2 Å². The molecular formula is C14H18ClFN2O. The number of anilines is 1. The van der Waals surface area contributed by atoms with Gasteiger partial charge in [-0.1, -0.05) is 18.0 Å². The molecule has 5 heteroatoms. The summed E-state index contributed by atoms with van der Waals surface area (Å²) in [4.78, 5) is 14.3. The van der Waals surface area contributed by atoms with E-state index in [2.05, 4.69) is 10.2 Å². The van der Waals surface area contributed by atoms with E-state index in [0.29, 0.717) is 5.69 Å². The fourth-order valence-corrected chi connectivity index (χ4v) is 2.51. The van der Waals surface area contributed by atoms with Gasteiger partial charge in [-0.15, -0.1) is 0 Å². The second-order valence-corrected chi connectivity index (χ2v) is 5.29. The standard InChI is InChI=1S/C14H18ClFN2O/c1-10(18-7-3-2-4-8-18)14(19)17-13-6-5-11(16)9-12(13)15/h5-6,9-10H,2-4,7-8H2,1H3,(H,17,19)/t10-/m1/s1. The van der Waals surface area contributed by atoms with Crippen LogP contribution in [-0.4, -0.2) is 29.9 Å². The summed E-state index contributed by atoms with van der Waals surface area (Å²) < 4.78 is 12.9. The molecule has 0 spiro atoms. The molecule has 0 unspecified atom stereocenters. The van der Waals surface area contributed by atoms with Crippen molar-refractivity contribution in [2.24, 2.45) is 0 Å². The van der Waals surface area contributed by atoms with Crippen LogP contribution >= 0.6 is 11.6 Å². The first-order chi connectivity index (χ1) is 9.08. The van der Waals surface area contributed by atoms with E-state index < -0.39 is 5.82 Å². The smallest absolute Gasteiger partial charge is 0.241 e. The third kappa shape index (κ3) is 3.67. The number of rotatable bonds is 3. The molecule has 1 aliphatic heterocycles. The predicted octanol–water partition coefficient (Wildman–Crippen LogP) is 3.29. The van der Waals surface area contributed by atoms with E-state index in [1.165, 1.54) is 24.6 Å². The van der Waals surface area contributed by atoms with Crippen LogP contribution in [0, 0.1) is 5.82 Å². The van der Waals surface area contributed by atoms with Gasteiger partial charge >= 0.3 is 0 Å². The first-order valence-electron chi connectivity index (χ1n) is 6.58. The zero-order valence-corrected chi connectivity index (χ0v) is 11.7. The van der Waals surface area contributed by atoms with E-state index in [9.17, 15) is 9.18 Å². The van der Waals surface area contributed by atoms with Gasteiger partial charge in [-0.3, -0.25) is 9.69 Å². The van der Waals surface area contributed by atoms with Crippen LogP contribution in [0.4, 0.5) is 10.1 Å². The lowest BCUT2D eigenvalue weighted by atomic mass is 10.1. The summed E-state index contributed by atoms with van der Waals surface area (Å²) in [6.45, 7) is 3.79. The number of halogens is 2. The van der Waals surface area contributed by atoms with Gasteiger partial charge in [-0.2, -0.15) is 0 Å². The van der Waals surface area contributed by atoms with E-state index in [1.54, 1.807) is 0 Å². The number of carbonyl (C=O) groups is 1. The predicted molar refractivity (Wildman–Crippen MR) is 74.9 cm³/mol. The highest BCUT2D eigenvalue weighted by Crippen LogP contribution is 2.23. The minimum Gasteiger partial charge on any atom is -0.323 e. The lowest BCUT2D eigenvalue weighted by Crippen LogP contribution is -2.44. The van der Waals surface area contributed by atoms with Gasteiger partial charge in [0.2, 0.25) is 5.91 Å². The Labute approximate surface area is 117 Å². The molecule has 0 saturated carbocycles. The molecule has 3 nitrogen and oxygen atoms in total. The molecular weight excluding hydrogens is 267 g/mol. The fraction of sp³-hybridized carbons (Fsp3) is 0.500. The van der Waals surface area contributed by atoms with Crippen LogP contribution in [0.25, 0.3) is 0 Å². The number of carbonyl (C=O) groups excluding carboxylic acids is 1. The van der Waals surface area contributed by atoms with E-state index in [1.807, 2.05) is 6.92 Å². The average Bonchev–Trinajstić information content (AvgIpc) is 2.42. The van der Waals surface area contributed by atoms with E-state index in [-0.39, 0.29) is 17.0 Å². The Kier molecular flexibility index (Phi) is 4.77. The number of amides is 1. The Morgan fingerprint density at radius 2 is 2.05 bits per heavy atom. The molecule has 1 amide bonds. The van der Waals surface area contributed by atoms with Crippen LogP contribution in [0.2, 0.25) is 5.02 Å². The summed E-state index contributed by atoms with van der Waals surface area (Å²) in [6, 6.07) is 3.77. The summed E-state index contributed by atoms with van der Waals surface area (Å²) in [5.41, 5.74) is 0.455. The van der Waals surface area contributed by atoms with Gasteiger partial charge in [-0.05, 0) is 51.1 Å². The molecule has 1 aromatic rings. The molecule has 1 saturated heterocycles. The number of hydrogen-bond acceptors (Lipinski definition) is 2. The highest BCUT2D eigenvalue weighted by atomic mass is 35.5. The van der Waals surface area contributed by atoms with Gasteiger partial charge in [-0.25, -0.2) is 4.39 Å². The lowest BCUT2D eigenvalue weighted by molar-refractivity contribution is -0.121. The largest absolute Gasteiger partial charge is 0.323 e. The second kappa shape index (κ2) is 6.35. The minimum atomic E-state index is -0.410. The van der Waals surface area contributed by atoms with Crippen molar-refractivity contribution in [3.63, 3.8) is 0 Å². The van der Waals surface area contributed by atoms with Crippen molar-refractivity contribution < 1.29 is 9.18 Å². The first kappa shape index (κ1) is 14.3. The minimum absolute atomic E-state index is 0.101. The monoisotopic (exact) mass is 284 g/mol. The molecule has 2 rings (SSSR count). The van der Waals surface area contributed by atoms with Crippen molar-refractivity contribution in [2.45, 2.75) is 32.2 Å². The molecule has 1 aliphatic rings. The Hall–Kier alpha value is -1.13. The molecule has 0 radical (unpaired) electrons. The molecule has 0 bridgehead atoms. The van der Waals surface area contributed by atoms with Gasteiger partial charge < -0.3 is 5.32 Å². The van der Waals surface area contributed by atoms with Crippen LogP contribution in [0.5, 0.6) is 0 Å². The summed E-state index contributed by atoms with van der Waals surface area (Å²) in [5, 5.41) is 2.98. The lowest BCUT2D eigenvalue weighted by Gasteiger charge is -2.31. The van der Waals surface area contributed by atoms with E-state index in [4.69, 9.17) is 11.6 Å². The van der Waals surface area contributed by atoms with Crippen LogP contribution < -0.4 is 5.32 Å². The normalized spacial score (nSPS) is 18.1. The van der Waals surface area contributed by atoms with Crippen molar-refractivity contribution in [1.29, 1.82) is 0 Å². The molecule has 0 aromatic heterocycles. The van der Waals surface area contributed by atoms with Gasteiger partial charge in [0.1, 0.15) is 5.82 Å². The summed E-state index contributed by atoms with van der Waals surface area (Å²) in [5.74, 6) is -0.512. The maximum absolute atomic E-state index is 12.9. The van der Waals surface area contributed by atoms with Crippen LogP contribution in [0.15, 0.2) is 18.2 Å². The maximum Gasteiger partial charge on any atom is 0.241 e. The van der Waals surface area contributed by atoms with Crippen LogP contribution in [0.3, 0.4) is 0 Å². The van der Waals surface area contributed by atoms with E-state index in [0.717, 1.165) is 25.9 Å². The molecule has 1 fully saturated rings. The summed E-state index contributed by atoms with van der Waals surface area (Å²) >= 11 is 5.90. The van der Waals surface area contributed by atoms with Crippen molar-refractivity contribution in [1.82, 2.24) is 4.90 Å². The van der Waals surface area contributed by atoms with E-state index >= 15 is 0 Å². The molecule has 1 aromatic carbocycles. The molecule has 1 atom stereocenters. The first-order valence-corrected chi connectivity index (χ1v) is 6.95. The average molecular weight is 285 g/mol. The number of nitrogens with zero attached hydrogens (tertiary/aromatic N) is 1. The molecule has 104 valence electrons. The van der Waals surface area contributed by atoms with Gasteiger partial charge in [0, 0.05) is 0 Å². The highest BCUT2D eigenvalue weighted by Gasteiger charge is 2.23. The van der Waals surface area contributed by atoms with Gasteiger partial charge in [0.05, 0.1) is 16.8 Å². The number of hydrogen-bond donors (Lipinski definition) is 1. The number of benzene rings is 1. The van der Waals surface area contributed by atoms with Gasteiger partial charge in [0.15, 0.2) is 0 Å². The topological polar surface area (TPSA) is 32.3 Å². The summed E-state index contributed by atoms with van der Waals surface area (Å²) in [7, 11) is 0. The van der Waals surface area contributed by atoms with Crippen molar-refractivity contribution in [2.75, 3.05) is 18.4 Å². The summed E-state index contributed by atoms with van der Waals surface area (Å²) in [6.07, 6.45) is 3.50. The quantitative estimate of drug-likeness (QED) is 0.924. The zero-order valence-electron chi connectivity index (χ0n) is 11.0. The fourth-order valence-electron chi connectivity index (χ4n) is 2.30. The number of piperidine rings is 1. The molecule has 1 heterocycles. The number of nitrogens with one attached hydrogen (secondary N) is 1. The molecule has 1 N–H and O–H groups in total. The molecule has 0 aliphatic carbocycles. The van der Waals surface area contributed by atoms with Crippen molar-refractivity contribution in [3.05, 3.63) is 29.0 Å². The SMILES string of the molecule is C[C@H](C(=O)Nc1ccc(F)cc1Cl)N1CCCCC1. The molecule has 19 heavy (non-hydrogen) atoms. The van der Waals surface area contributed by atoms with Crippen LogP contribution in [-0.2, 0) is 4.79 Å². The Bertz CT molecular complexity index is 461. The Morgan fingerprint density at radius 1 is 1.37 bits per heavy atom. The Balaban J connectivity index is 1.99. The number of likely N-dealkylation sites (tertiary alicyclic amines) is 1. The third-order valence-corrected chi connectivity index (χ3v) is 3.82. The highest BCUT2D eigenvalue weighted by molar-refractivity contribution is 6.33. The van der Waals surface area contributed by atoms with Gasteiger partial charge in [0.25, 0.3) is 0 Å². The van der Waals surface area contributed by atoms with Crippen molar-refractivity contribution in [3.8, 4) is 0 Å². The second-order valence-electron chi connectivity index (χ2n) is 4.89.